The van der Waals surface area contributed by atoms with Crippen molar-refractivity contribution in [2.75, 3.05) is 32.8 Å². The lowest BCUT2D eigenvalue weighted by atomic mass is 10.2. The Morgan fingerprint density at radius 3 is 2.38 bits per heavy atom. The minimum absolute atomic E-state index is 0.0940. The number of carbonyl (C=O) groups excluding carboxylic acids is 2. The summed E-state index contributed by atoms with van der Waals surface area (Å²) in [7, 11) is -1.88. The smallest absolute Gasteiger partial charge is 0.409 e. The van der Waals surface area contributed by atoms with Gasteiger partial charge in [-0.15, -0.1) is 0 Å². The Kier molecular flexibility index (Phi) is 6.87. The van der Waals surface area contributed by atoms with Crippen molar-refractivity contribution in [1.82, 2.24) is 13.8 Å². The van der Waals surface area contributed by atoms with Crippen LogP contribution in [0.4, 0.5) is 4.79 Å². The Hall–Kier alpha value is -3.02. The number of hydrogen-bond donors (Lipinski definition) is 0. The first-order valence-corrected chi connectivity index (χ1v) is 13.1. The van der Waals surface area contributed by atoms with E-state index >= 15 is 0 Å². The van der Waals surface area contributed by atoms with E-state index in [2.05, 4.69) is 11.1 Å². The van der Waals surface area contributed by atoms with Crippen molar-refractivity contribution in [3.63, 3.8) is 0 Å². The fraction of sp³-hybridized carbons (Fsp3) is 0.348. The molecule has 0 unspecified atom stereocenters. The van der Waals surface area contributed by atoms with Gasteiger partial charge in [0.25, 0.3) is 5.91 Å². The summed E-state index contributed by atoms with van der Waals surface area (Å²) in [5, 5.41) is 0. The lowest BCUT2D eigenvalue weighted by molar-refractivity contribution is 0.0933. The molecule has 0 N–H and O–H groups in total. The second kappa shape index (κ2) is 9.69. The fourth-order valence-electron chi connectivity index (χ4n) is 3.74. The molecule has 180 valence electrons. The van der Waals surface area contributed by atoms with Crippen LogP contribution in [-0.4, -0.2) is 67.0 Å². The predicted octanol–water partition coefficient (Wildman–Crippen LogP) is 2.75. The van der Waals surface area contributed by atoms with E-state index in [0.717, 1.165) is 15.8 Å². The number of benzene rings is 2. The molecule has 0 spiro atoms. The van der Waals surface area contributed by atoms with E-state index in [4.69, 9.17) is 4.74 Å². The van der Waals surface area contributed by atoms with Crippen LogP contribution in [0.25, 0.3) is 10.2 Å². The van der Waals surface area contributed by atoms with Gasteiger partial charge >= 0.3 is 6.09 Å². The highest BCUT2D eigenvalue weighted by atomic mass is 32.2. The summed E-state index contributed by atoms with van der Waals surface area (Å²) in [4.78, 5) is 31.0. The maximum atomic E-state index is 13.0. The third-order valence-electron chi connectivity index (χ3n) is 5.67. The molecule has 34 heavy (non-hydrogen) atoms. The number of hydrogen-bond acceptors (Lipinski definition) is 6. The van der Waals surface area contributed by atoms with Crippen LogP contribution in [0.5, 0.6) is 0 Å². The molecule has 0 radical (unpaired) electrons. The monoisotopic (exact) mass is 502 g/mol. The van der Waals surface area contributed by atoms with E-state index in [1.54, 1.807) is 6.92 Å². The van der Waals surface area contributed by atoms with Gasteiger partial charge in [-0.05, 0) is 55.8 Å². The number of amides is 2. The summed E-state index contributed by atoms with van der Waals surface area (Å²) in [5.74, 6) is -0.439. The molecular weight excluding hydrogens is 476 g/mol. The van der Waals surface area contributed by atoms with Gasteiger partial charge in [0.1, 0.15) is 0 Å². The molecule has 2 aromatic carbocycles. The average molecular weight is 503 g/mol. The summed E-state index contributed by atoms with van der Waals surface area (Å²) in [5.41, 5.74) is 2.43. The van der Waals surface area contributed by atoms with Crippen molar-refractivity contribution in [1.29, 1.82) is 0 Å². The van der Waals surface area contributed by atoms with Crippen LogP contribution in [0.2, 0.25) is 0 Å². The lowest BCUT2D eigenvalue weighted by Crippen LogP contribution is -2.50. The number of piperazine rings is 1. The SMILES string of the molecule is CCOC(=O)N1CCN(S(=O)(=O)c2ccc(C(=O)N=c3sc4cc(C)ccc4n3C)cc2)CC1. The quantitative estimate of drug-likeness (QED) is 0.546. The van der Waals surface area contributed by atoms with Crippen LogP contribution < -0.4 is 4.80 Å². The molecule has 2 amide bonds. The molecule has 0 bridgehead atoms. The molecule has 0 atom stereocenters. The standard InChI is InChI=1S/C23H26N4O5S2/c1-4-32-23(29)26-11-13-27(14-12-26)34(30,31)18-8-6-17(7-9-18)21(28)24-22-25(3)19-10-5-16(2)15-20(19)33-22/h5-10,15H,4,11-14H2,1-3H3. The number of ether oxygens (including phenoxy) is 1. The summed E-state index contributed by atoms with van der Waals surface area (Å²) < 4.78 is 35.2. The van der Waals surface area contributed by atoms with Crippen molar-refractivity contribution in [3.05, 3.63) is 58.4 Å². The van der Waals surface area contributed by atoms with Gasteiger partial charge in [0.2, 0.25) is 10.0 Å². The molecule has 1 aromatic heterocycles. The molecule has 4 rings (SSSR count). The fourth-order valence-corrected chi connectivity index (χ4v) is 6.28. The van der Waals surface area contributed by atoms with E-state index in [1.165, 1.54) is 44.8 Å². The van der Waals surface area contributed by atoms with Gasteiger partial charge in [-0.25, -0.2) is 13.2 Å². The Bertz CT molecular complexity index is 1400. The number of fused-ring (bicyclic) bond motifs is 1. The number of nitrogens with zero attached hydrogens (tertiary/aromatic N) is 4. The molecule has 11 heteroatoms. The zero-order valence-corrected chi connectivity index (χ0v) is 20.9. The molecule has 1 aliphatic heterocycles. The van der Waals surface area contributed by atoms with Crippen LogP contribution in [0.15, 0.2) is 52.4 Å². The maximum absolute atomic E-state index is 13.0. The largest absolute Gasteiger partial charge is 0.450 e. The molecule has 2 heterocycles. The molecule has 0 saturated carbocycles. The average Bonchev–Trinajstić information content (AvgIpc) is 3.13. The first kappa shape index (κ1) is 24.1. The van der Waals surface area contributed by atoms with Gasteiger partial charge < -0.3 is 14.2 Å². The first-order chi connectivity index (χ1) is 16.2. The minimum atomic E-state index is -3.74. The van der Waals surface area contributed by atoms with Crippen LogP contribution in [0, 0.1) is 6.92 Å². The second-order valence-corrected chi connectivity index (χ2v) is 10.9. The molecule has 1 saturated heterocycles. The highest BCUT2D eigenvalue weighted by Gasteiger charge is 2.30. The molecule has 3 aromatic rings. The van der Waals surface area contributed by atoms with Gasteiger partial charge in [0.05, 0.1) is 21.7 Å². The molecular formula is C23H26N4O5S2. The zero-order valence-electron chi connectivity index (χ0n) is 19.2. The van der Waals surface area contributed by atoms with Crippen molar-refractivity contribution in [2.24, 2.45) is 12.0 Å². The number of carbonyl (C=O) groups is 2. The highest BCUT2D eigenvalue weighted by molar-refractivity contribution is 7.89. The topological polar surface area (TPSA) is 101 Å². The van der Waals surface area contributed by atoms with Gasteiger partial charge in [-0.3, -0.25) is 4.79 Å². The first-order valence-electron chi connectivity index (χ1n) is 10.9. The van der Waals surface area contributed by atoms with Crippen molar-refractivity contribution >= 4 is 43.6 Å². The maximum Gasteiger partial charge on any atom is 0.409 e. The minimum Gasteiger partial charge on any atom is -0.450 e. The summed E-state index contributed by atoms with van der Waals surface area (Å²) in [6, 6.07) is 11.9. The van der Waals surface area contributed by atoms with Crippen molar-refractivity contribution in [2.45, 2.75) is 18.7 Å². The Labute approximate surface area is 201 Å². The lowest BCUT2D eigenvalue weighted by Gasteiger charge is -2.33. The number of rotatable bonds is 4. The van der Waals surface area contributed by atoms with Crippen LogP contribution >= 0.6 is 11.3 Å². The summed E-state index contributed by atoms with van der Waals surface area (Å²) >= 11 is 1.43. The van der Waals surface area contributed by atoms with Gasteiger partial charge in [-0.2, -0.15) is 9.30 Å². The third-order valence-corrected chi connectivity index (χ3v) is 8.67. The highest BCUT2D eigenvalue weighted by Crippen LogP contribution is 2.20. The summed E-state index contributed by atoms with van der Waals surface area (Å²) in [6.07, 6.45) is -0.437. The van der Waals surface area contributed by atoms with Crippen LogP contribution in [0.3, 0.4) is 0 Å². The summed E-state index contributed by atoms with van der Waals surface area (Å²) in [6.45, 7) is 4.90. The van der Waals surface area contributed by atoms with Crippen LogP contribution in [0.1, 0.15) is 22.8 Å². The Morgan fingerprint density at radius 1 is 1.06 bits per heavy atom. The van der Waals surface area contributed by atoms with E-state index in [0.29, 0.717) is 10.4 Å². The Morgan fingerprint density at radius 2 is 1.74 bits per heavy atom. The number of thiazole rings is 1. The predicted molar refractivity (Wildman–Crippen MR) is 129 cm³/mol. The number of aryl methyl sites for hydroxylation is 2. The number of sulfonamides is 1. The van der Waals surface area contributed by atoms with Crippen LogP contribution in [-0.2, 0) is 21.8 Å². The van der Waals surface area contributed by atoms with Crippen molar-refractivity contribution in [3.8, 4) is 0 Å². The zero-order chi connectivity index (χ0) is 24.5. The van der Waals surface area contributed by atoms with Gasteiger partial charge in [0, 0.05) is 38.8 Å². The van der Waals surface area contributed by atoms with E-state index in [-0.39, 0.29) is 37.7 Å². The third kappa shape index (κ3) is 4.77. The molecule has 9 nitrogen and oxygen atoms in total. The van der Waals surface area contributed by atoms with E-state index in [1.807, 2.05) is 30.7 Å². The van der Waals surface area contributed by atoms with Gasteiger partial charge in [-0.1, -0.05) is 17.4 Å². The second-order valence-electron chi connectivity index (χ2n) is 7.95. The van der Waals surface area contributed by atoms with E-state index in [9.17, 15) is 18.0 Å². The normalized spacial score (nSPS) is 15.6. The van der Waals surface area contributed by atoms with E-state index < -0.39 is 22.0 Å². The number of aromatic nitrogens is 1. The molecule has 1 aliphatic rings. The molecule has 1 fully saturated rings. The van der Waals surface area contributed by atoms with Gasteiger partial charge in [0.15, 0.2) is 4.80 Å². The van der Waals surface area contributed by atoms with Crippen molar-refractivity contribution < 1.29 is 22.7 Å². The Balaban J connectivity index is 1.50. The molecule has 0 aliphatic carbocycles.